The third-order valence-electron chi connectivity index (χ3n) is 3.46. The lowest BCUT2D eigenvalue weighted by Gasteiger charge is -2.13. The van der Waals surface area contributed by atoms with Crippen LogP contribution < -0.4 is 0 Å². The Balaban J connectivity index is 2.15. The van der Waals surface area contributed by atoms with Gasteiger partial charge in [-0.25, -0.2) is 0 Å². The Morgan fingerprint density at radius 3 is 2.89 bits per heavy atom. The fraction of sp³-hybridized carbons (Fsp3) is 0.786. The monoisotopic (exact) mass is 256 g/mol. The fourth-order valence-electron chi connectivity index (χ4n) is 2.28. The maximum Gasteiger partial charge on any atom is 0.308 e. The van der Waals surface area contributed by atoms with Crippen LogP contribution in [0.2, 0.25) is 0 Å². The van der Waals surface area contributed by atoms with Crippen LogP contribution in [0.5, 0.6) is 0 Å². The lowest BCUT2D eigenvalue weighted by atomic mass is 10.00. The number of rotatable bonds is 7. The van der Waals surface area contributed by atoms with Gasteiger partial charge < -0.3 is 14.6 Å². The zero-order valence-electron chi connectivity index (χ0n) is 11.4. The van der Waals surface area contributed by atoms with E-state index in [0.29, 0.717) is 0 Å². The Morgan fingerprint density at radius 2 is 2.33 bits per heavy atom. The first-order chi connectivity index (χ1) is 8.58. The van der Waals surface area contributed by atoms with Crippen molar-refractivity contribution in [1.29, 1.82) is 0 Å². The number of carbonyl (C=O) groups is 1. The number of aliphatic hydroxyl groups is 1. The summed E-state index contributed by atoms with van der Waals surface area (Å²) in [6, 6.07) is 0. The van der Waals surface area contributed by atoms with Crippen molar-refractivity contribution in [1.82, 2.24) is 0 Å². The standard InChI is InChI=1S/C14H24O4/c1-10(14(16)17-3)6-4-5-7-13-11(2)8-12(9-15)18-13/h10,12-13,15H,2,4-9H2,1,3H3/t10-,12+,13-/m0/s1. The highest BCUT2D eigenvalue weighted by atomic mass is 16.5. The molecule has 1 saturated heterocycles. The van der Waals surface area contributed by atoms with E-state index in [0.717, 1.165) is 37.7 Å². The quantitative estimate of drug-likeness (QED) is 0.430. The number of hydrogen-bond acceptors (Lipinski definition) is 4. The molecule has 0 aliphatic carbocycles. The average Bonchev–Trinajstić information content (AvgIpc) is 2.74. The molecule has 0 radical (unpaired) electrons. The minimum absolute atomic E-state index is 0.0344. The number of hydrogen-bond donors (Lipinski definition) is 1. The van der Waals surface area contributed by atoms with E-state index < -0.39 is 0 Å². The second-order valence-electron chi connectivity index (χ2n) is 5.00. The van der Waals surface area contributed by atoms with Crippen LogP contribution in [0.25, 0.3) is 0 Å². The topological polar surface area (TPSA) is 55.8 Å². The summed E-state index contributed by atoms with van der Waals surface area (Å²) in [5, 5.41) is 9.02. The molecule has 0 saturated carbocycles. The molecule has 18 heavy (non-hydrogen) atoms. The Bertz CT molecular complexity index is 288. The smallest absolute Gasteiger partial charge is 0.308 e. The first-order valence-corrected chi connectivity index (χ1v) is 6.60. The molecule has 0 spiro atoms. The van der Waals surface area contributed by atoms with Gasteiger partial charge in [-0.15, -0.1) is 0 Å². The summed E-state index contributed by atoms with van der Waals surface area (Å²) in [7, 11) is 1.42. The van der Waals surface area contributed by atoms with Crippen LogP contribution in [0.15, 0.2) is 12.2 Å². The molecule has 0 aromatic rings. The highest BCUT2D eigenvalue weighted by Crippen LogP contribution is 2.28. The number of aliphatic hydroxyl groups excluding tert-OH is 1. The van der Waals surface area contributed by atoms with E-state index in [4.69, 9.17) is 9.84 Å². The van der Waals surface area contributed by atoms with E-state index in [9.17, 15) is 4.79 Å². The molecule has 1 heterocycles. The SMILES string of the molecule is C=C1C[C@H](CO)O[C@H]1CCCC[C@H](C)C(=O)OC. The molecule has 1 fully saturated rings. The summed E-state index contributed by atoms with van der Waals surface area (Å²) in [5.41, 5.74) is 1.08. The summed E-state index contributed by atoms with van der Waals surface area (Å²) in [6.07, 6.45) is 4.52. The molecule has 4 heteroatoms. The van der Waals surface area contributed by atoms with E-state index >= 15 is 0 Å². The molecule has 104 valence electrons. The molecule has 0 unspecified atom stereocenters. The first kappa shape index (κ1) is 15.2. The molecule has 0 aromatic heterocycles. The molecule has 1 aliphatic rings. The highest BCUT2D eigenvalue weighted by molar-refractivity contribution is 5.71. The first-order valence-electron chi connectivity index (χ1n) is 6.60. The van der Waals surface area contributed by atoms with Gasteiger partial charge in [-0.05, 0) is 24.8 Å². The number of carbonyl (C=O) groups excluding carboxylic acids is 1. The van der Waals surface area contributed by atoms with Gasteiger partial charge >= 0.3 is 5.97 Å². The van der Waals surface area contributed by atoms with E-state index in [1.807, 2.05) is 6.92 Å². The highest BCUT2D eigenvalue weighted by Gasteiger charge is 2.27. The Hall–Kier alpha value is -0.870. The third-order valence-corrected chi connectivity index (χ3v) is 3.46. The molecule has 1 rings (SSSR count). The molecular formula is C14H24O4. The molecule has 3 atom stereocenters. The van der Waals surface area contributed by atoms with Crippen molar-refractivity contribution >= 4 is 5.97 Å². The molecule has 1 aliphatic heterocycles. The van der Waals surface area contributed by atoms with Gasteiger partial charge in [0.1, 0.15) is 0 Å². The van der Waals surface area contributed by atoms with E-state index in [1.54, 1.807) is 0 Å². The van der Waals surface area contributed by atoms with E-state index in [1.165, 1.54) is 7.11 Å². The number of esters is 1. The van der Waals surface area contributed by atoms with Crippen molar-refractivity contribution in [3.8, 4) is 0 Å². The fourth-order valence-corrected chi connectivity index (χ4v) is 2.28. The maximum atomic E-state index is 11.2. The van der Waals surface area contributed by atoms with E-state index in [2.05, 4.69) is 11.3 Å². The summed E-state index contributed by atoms with van der Waals surface area (Å²) in [6.45, 7) is 5.93. The van der Waals surface area contributed by atoms with Gasteiger partial charge in [-0.3, -0.25) is 4.79 Å². The van der Waals surface area contributed by atoms with E-state index in [-0.39, 0.29) is 30.7 Å². The molecule has 4 nitrogen and oxygen atoms in total. The molecule has 0 amide bonds. The van der Waals surface area contributed by atoms with Crippen molar-refractivity contribution < 1.29 is 19.4 Å². The summed E-state index contributed by atoms with van der Waals surface area (Å²) in [4.78, 5) is 11.2. The van der Waals surface area contributed by atoms with Gasteiger partial charge in [-0.2, -0.15) is 0 Å². The van der Waals surface area contributed by atoms with Crippen molar-refractivity contribution in [2.75, 3.05) is 13.7 Å². The van der Waals surface area contributed by atoms with Crippen LogP contribution in [0, 0.1) is 5.92 Å². The minimum atomic E-state index is -0.142. The molecule has 1 N–H and O–H groups in total. The lowest BCUT2D eigenvalue weighted by molar-refractivity contribution is -0.145. The van der Waals surface area contributed by atoms with Gasteiger partial charge in [0.2, 0.25) is 0 Å². The summed E-state index contributed by atoms with van der Waals surface area (Å²) < 4.78 is 10.3. The normalized spacial score (nSPS) is 25.2. The minimum Gasteiger partial charge on any atom is -0.469 e. The predicted octanol–water partition coefficient (Wildman–Crippen LogP) is 2.06. The Kier molecular flexibility index (Phi) is 6.36. The second-order valence-corrected chi connectivity index (χ2v) is 5.00. The van der Waals surface area contributed by atoms with Crippen molar-refractivity contribution in [3.05, 3.63) is 12.2 Å². The zero-order valence-corrected chi connectivity index (χ0v) is 11.4. The van der Waals surface area contributed by atoms with Crippen LogP contribution in [0.3, 0.4) is 0 Å². The van der Waals surface area contributed by atoms with Crippen molar-refractivity contribution in [3.63, 3.8) is 0 Å². The van der Waals surface area contributed by atoms with Crippen molar-refractivity contribution in [2.45, 2.75) is 51.2 Å². The number of methoxy groups -OCH3 is 1. The van der Waals surface area contributed by atoms with Crippen LogP contribution in [0.4, 0.5) is 0 Å². The lowest BCUT2D eigenvalue weighted by Crippen LogP contribution is -2.15. The second kappa shape index (κ2) is 7.54. The maximum absolute atomic E-state index is 11.2. The van der Waals surface area contributed by atoms with Gasteiger partial charge in [-0.1, -0.05) is 26.3 Å². The third kappa shape index (κ3) is 4.42. The largest absolute Gasteiger partial charge is 0.469 e. The zero-order chi connectivity index (χ0) is 13.5. The number of ether oxygens (including phenoxy) is 2. The van der Waals surface area contributed by atoms with Gasteiger partial charge in [0.25, 0.3) is 0 Å². The van der Waals surface area contributed by atoms with Crippen LogP contribution in [0.1, 0.15) is 39.0 Å². The summed E-state index contributed by atoms with van der Waals surface area (Å²) in [5.74, 6) is -0.176. The Morgan fingerprint density at radius 1 is 1.61 bits per heavy atom. The van der Waals surface area contributed by atoms with Crippen LogP contribution in [-0.4, -0.2) is 37.0 Å². The van der Waals surface area contributed by atoms with Gasteiger partial charge in [0.05, 0.1) is 31.8 Å². The van der Waals surface area contributed by atoms with Crippen LogP contribution in [-0.2, 0) is 14.3 Å². The Labute approximate surface area is 109 Å². The van der Waals surface area contributed by atoms with Gasteiger partial charge in [0.15, 0.2) is 0 Å². The predicted molar refractivity (Wildman–Crippen MR) is 69.2 cm³/mol. The molecular weight excluding hydrogens is 232 g/mol. The molecule has 0 aromatic carbocycles. The molecule has 0 bridgehead atoms. The van der Waals surface area contributed by atoms with Crippen LogP contribution >= 0.6 is 0 Å². The van der Waals surface area contributed by atoms with Gasteiger partial charge in [0, 0.05) is 0 Å². The van der Waals surface area contributed by atoms with Crippen molar-refractivity contribution in [2.24, 2.45) is 5.92 Å². The summed E-state index contributed by atoms with van der Waals surface area (Å²) >= 11 is 0. The average molecular weight is 256 g/mol. The number of unbranched alkanes of at least 4 members (excludes halogenated alkanes) is 1.